The van der Waals surface area contributed by atoms with Gasteiger partial charge < -0.3 is 20.3 Å². The number of nitrogens with zero attached hydrogens (tertiary/aromatic N) is 2. The third-order valence-corrected chi connectivity index (χ3v) is 5.71. The fraction of sp³-hybridized carbons (Fsp3) is 0.320. The summed E-state index contributed by atoms with van der Waals surface area (Å²) in [6.07, 6.45) is 0. The summed E-state index contributed by atoms with van der Waals surface area (Å²) in [5.74, 6) is -3.30. The summed E-state index contributed by atoms with van der Waals surface area (Å²) in [7, 11) is 0. The van der Waals surface area contributed by atoms with Crippen LogP contribution in [-0.2, 0) is 4.79 Å². The van der Waals surface area contributed by atoms with Crippen LogP contribution in [0.15, 0.2) is 60.7 Å². The lowest BCUT2D eigenvalue weighted by Gasteiger charge is -2.27. The van der Waals surface area contributed by atoms with Gasteiger partial charge in [0.1, 0.15) is 18.1 Å². The van der Waals surface area contributed by atoms with Crippen molar-refractivity contribution in [3.8, 4) is 11.6 Å². The van der Waals surface area contributed by atoms with Gasteiger partial charge in [0.2, 0.25) is 5.88 Å². The molecule has 0 aliphatic rings. The lowest BCUT2D eigenvalue weighted by Crippen LogP contribution is -2.38. The lowest BCUT2D eigenvalue weighted by atomic mass is 9.94. The molecule has 2 atom stereocenters. The van der Waals surface area contributed by atoms with Crippen molar-refractivity contribution >= 4 is 11.9 Å². The second-order valence-electron chi connectivity index (χ2n) is 8.54. The molecule has 0 radical (unpaired) electrons. The highest BCUT2D eigenvalue weighted by molar-refractivity contribution is 5.93. The monoisotopic (exact) mass is 469 g/mol. The van der Waals surface area contributed by atoms with Crippen LogP contribution >= 0.6 is 0 Å². The number of aromatic nitrogens is 2. The minimum atomic E-state index is -1.17. The Morgan fingerprint density at radius 3 is 2.41 bits per heavy atom. The van der Waals surface area contributed by atoms with E-state index in [1.165, 1.54) is 24.3 Å². The number of halogens is 1. The topological polar surface area (TPSA) is 114 Å². The third-order valence-electron chi connectivity index (χ3n) is 5.71. The summed E-state index contributed by atoms with van der Waals surface area (Å²) in [5.41, 5.74) is -0.642. The van der Waals surface area contributed by atoms with Crippen molar-refractivity contribution in [2.24, 2.45) is 5.92 Å². The maximum atomic E-state index is 14.5. The Morgan fingerprint density at radius 2 is 1.79 bits per heavy atom. The summed E-state index contributed by atoms with van der Waals surface area (Å²) in [5, 5.41) is 26.9. The van der Waals surface area contributed by atoms with Crippen molar-refractivity contribution in [2.75, 3.05) is 13.2 Å². The number of benzene rings is 2. The van der Waals surface area contributed by atoms with Crippen molar-refractivity contribution in [1.82, 2.24) is 15.1 Å². The zero-order chi connectivity index (χ0) is 24.9. The number of carbonyl (C=O) groups excluding carboxylic acids is 1. The molecule has 0 aliphatic heterocycles. The van der Waals surface area contributed by atoms with Gasteiger partial charge >= 0.3 is 5.97 Å². The van der Waals surface area contributed by atoms with Crippen LogP contribution in [-0.4, -0.2) is 50.6 Å². The van der Waals surface area contributed by atoms with E-state index >= 15 is 0 Å². The predicted molar refractivity (Wildman–Crippen MR) is 124 cm³/mol. The SMILES string of the molecule is CC(C)C(C)(O)COc1cc(C(=O)NCC(C(=O)O)c2ccccc2)nn1-c1ccccc1F. The summed E-state index contributed by atoms with van der Waals surface area (Å²) in [4.78, 5) is 24.5. The lowest BCUT2D eigenvalue weighted by molar-refractivity contribution is -0.138. The Hall–Kier alpha value is -3.72. The fourth-order valence-corrected chi connectivity index (χ4v) is 3.08. The van der Waals surface area contributed by atoms with Gasteiger partial charge in [0.15, 0.2) is 5.69 Å². The molecule has 3 rings (SSSR count). The van der Waals surface area contributed by atoms with E-state index in [2.05, 4.69) is 10.4 Å². The molecule has 1 amide bonds. The van der Waals surface area contributed by atoms with Gasteiger partial charge in [-0.25, -0.2) is 4.39 Å². The van der Waals surface area contributed by atoms with Crippen LogP contribution in [0.25, 0.3) is 5.69 Å². The zero-order valence-corrected chi connectivity index (χ0v) is 19.2. The molecule has 0 saturated heterocycles. The first-order valence-corrected chi connectivity index (χ1v) is 10.9. The van der Waals surface area contributed by atoms with Crippen LogP contribution in [0.1, 0.15) is 42.7 Å². The Bertz CT molecular complexity index is 1140. The highest BCUT2D eigenvalue weighted by Crippen LogP contribution is 2.25. The number of nitrogens with one attached hydrogen (secondary N) is 1. The molecule has 0 fully saturated rings. The fourth-order valence-electron chi connectivity index (χ4n) is 3.08. The second-order valence-corrected chi connectivity index (χ2v) is 8.54. The molecular formula is C25H28FN3O5. The molecule has 3 aromatic rings. The van der Waals surface area contributed by atoms with Gasteiger partial charge in [0, 0.05) is 12.6 Å². The minimum absolute atomic E-state index is 0.0634. The number of amides is 1. The van der Waals surface area contributed by atoms with Gasteiger partial charge in [-0.1, -0.05) is 56.3 Å². The third kappa shape index (κ3) is 5.79. The van der Waals surface area contributed by atoms with Crippen LogP contribution in [0.2, 0.25) is 0 Å². The number of aliphatic carboxylic acids is 1. The van der Waals surface area contributed by atoms with Crippen LogP contribution in [0.5, 0.6) is 5.88 Å². The van der Waals surface area contributed by atoms with E-state index in [9.17, 15) is 24.2 Å². The molecule has 0 saturated carbocycles. The Kier molecular flexibility index (Phi) is 7.68. The van der Waals surface area contributed by atoms with E-state index in [0.717, 1.165) is 4.68 Å². The molecule has 2 aromatic carbocycles. The molecule has 1 aromatic heterocycles. The number of carboxylic acid groups (broad SMARTS) is 1. The molecule has 180 valence electrons. The Morgan fingerprint density at radius 1 is 1.15 bits per heavy atom. The van der Waals surface area contributed by atoms with Gasteiger partial charge in [-0.2, -0.15) is 9.78 Å². The van der Waals surface area contributed by atoms with E-state index in [0.29, 0.717) is 5.56 Å². The quantitative estimate of drug-likeness (QED) is 0.419. The first-order chi connectivity index (χ1) is 16.1. The first kappa shape index (κ1) is 24.9. The van der Waals surface area contributed by atoms with Crippen LogP contribution in [0, 0.1) is 11.7 Å². The number of aliphatic hydroxyl groups is 1. The first-order valence-electron chi connectivity index (χ1n) is 10.9. The van der Waals surface area contributed by atoms with E-state index in [1.807, 2.05) is 13.8 Å². The molecule has 0 aliphatic carbocycles. The maximum absolute atomic E-state index is 14.5. The minimum Gasteiger partial charge on any atom is -0.481 e. The van der Waals surface area contributed by atoms with Crippen molar-refractivity contribution < 1.29 is 28.9 Å². The number of para-hydroxylation sites is 1. The van der Waals surface area contributed by atoms with Crippen molar-refractivity contribution in [3.05, 3.63) is 77.7 Å². The summed E-state index contributed by atoms with van der Waals surface area (Å²) in [6.45, 7) is 5.01. The maximum Gasteiger partial charge on any atom is 0.312 e. The predicted octanol–water partition coefficient (Wildman–Crippen LogP) is 3.40. The van der Waals surface area contributed by atoms with E-state index in [1.54, 1.807) is 43.3 Å². The average molecular weight is 470 g/mol. The number of ether oxygens (including phenoxy) is 1. The highest BCUT2D eigenvalue weighted by atomic mass is 19.1. The Labute approximate surface area is 197 Å². The smallest absolute Gasteiger partial charge is 0.312 e. The number of rotatable bonds is 10. The molecule has 1 heterocycles. The van der Waals surface area contributed by atoms with Gasteiger partial charge in [-0.15, -0.1) is 0 Å². The molecule has 0 bridgehead atoms. The number of carboxylic acids is 1. The summed E-state index contributed by atoms with van der Waals surface area (Å²) in [6, 6.07) is 15.8. The van der Waals surface area contributed by atoms with Gasteiger partial charge in [0.05, 0.1) is 11.5 Å². The summed E-state index contributed by atoms with van der Waals surface area (Å²) >= 11 is 0. The van der Waals surface area contributed by atoms with Crippen molar-refractivity contribution in [3.63, 3.8) is 0 Å². The van der Waals surface area contributed by atoms with Crippen LogP contribution < -0.4 is 10.1 Å². The van der Waals surface area contributed by atoms with E-state index in [4.69, 9.17) is 4.74 Å². The molecule has 2 unspecified atom stereocenters. The average Bonchev–Trinajstić information content (AvgIpc) is 3.22. The molecule has 8 nitrogen and oxygen atoms in total. The molecule has 0 spiro atoms. The summed E-state index contributed by atoms with van der Waals surface area (Å²) < 4.78 is 21.4. The Balaban J connectivity index is 1.85. The van der Waals surface area contributed by atoms with E-state index < -0.39 is 29.2 Å². The van der Waals surface area contributed by atoms with Crippen LogP contribution in [0.3, 0.4) is 0 Å². The normalized spacial score (nSPS) is 13.8. The van der Waals surface area contributed by atoms with Gasteiger partial charge in [0.25, 0.3) is 5.91 Å². The van der Waals surface area contributed by atoms with Crippen LogP contribution in [0.4, 0.5) is 4.39 Å². The van der Waals surface area contributed by atoms with Crippen molar-refractivity contribution in [1.29, 1.82) is 0 Å². The van der Waals surface area contributed by atoms with Gasteiger partial charge in [-0.3, -0.25) is 9.59 Å². The molecular weight excluding hydrogens is 441 g/mol. The molecule has 34 heavy (non-hydrogen) atoms. The molecule has 3 N–H and O–H groups in total. The van der Waals surface area contributed by atoms with E-state index in [-0.39, 0.29) is 36.3 Å². The number of hydrogen-bond donors (Lipinski definition) is 3. The largest absolute Gasteiger partial charge is 0.481 e. The van der Waals surface area contributed by atoms with Gasteiger partial charge in [-0.05, 0) is 30.5 Å². The van der Waals surface area contributed by atoms with Crippen molar-refractivity contribution in [2.45, 2.75) is 32.3 Å². The number of hydrogen-bond acceptors (Lipinski definition) is 5. The number of carbonyl (C=O) groups is 2. The highest BCUT2D eigenvalue weighted by Gasteiger charge is 2.28. The second kappa shape index (κ2) is 10.5. The molecule has 9 heteroatoms. The zero-order valence-electron chi connectivity index (χ0n) is 19.2. The standard InChI is InChI=1S/C25H28FN3O5/c1-16(2)25(3,33)15-34-22-13-20(28-29(22)21-12-8-7-11-19(21)26)23(30)27-14-18(24(31)32)17-9-5-4-6-10-17/h4-13,16,18,33H,14-15H2,1-3H3,(H,27,30)(H,31,32).